The Balaban J connectivity index is 1.75. The molecule has 140 valence electrons. The van der Waals surface area contributed by atoms with E-state index >= 15 is 0 Å². The standard InChI is InChI=1S/C22H30N2O2/c1-15-10-11-22(26-4)20(12-15)23-14-21(25)19-13-16(2)24(17(19)3)18-8-6-5-7-9-18/h10-13,18,23H,5-9,14H2,1-4H3. The SMILES string of the molecule is COc1ccc(C)cc1NCC(=O)c1cc(C)n(C2CCCCC2)c1C. The van der Waals surface area contributed by atoms with Crippen molar-refractivity contribution >= 4 is 11.5 Å². The summed E-state index contributed by atoms with van der Waals surface area (Å²) in [5, 5.41) is 3.25. The van der Waals surface area contributed by atoms with E-state index in [-0.39, 0.29) is 12.3 Å². The Bertz CT molecular complexity index is 786. The monoisotopic (exact) mass is 354 g/mol. The number of Topliss-reactive ketones (excluding diaryl/α,β-unsaturated/α-hetero) is 1. The molecule has 0 amide bonds. The Kier molecular flexibility index (Phi) is 5.70. The van der Waals surface area contributed by atoms with Gasteiger partial charge in [-0.05, 0) is 57.4 Å². The molecule has 1 N–H and O–H groups in total. The fraction of sp³-hybridized carbons (Fsp3) is 0.500. The number of anilines is 1. The molecule has 0 aliphatic heterocycles. The zero-order valence-corrected chi connectivity index (χ0v) is 16.4. The summed E-state index contributed by atoms with van der Waals surface area (Å²) in [6.45, 7) is 6.51. The first-order valence-electron chi connectivity index (χ1n) is 9.61. The van der Waals surface area contributed by atoms with Crippen LogP contribution in [-0.2, 0) is 0 Å². The van der Waals surface area contributed by atoms with Gasteiger partial charge in [0, 0.05) is 23.0 Å². The lowest BCUT2D eigenvalue weighted by Crippen LogP contribution is -2.18. The fourth-order valence-electron chi connectivity index (χ4n) is 4.19. The number of carbonyl (C=O) groups is 1. The van der Waals surface area contributed by atoms with Crippen LogP contribution in [0.5, 0.6) is 5.75 Å². The summed E-state index contributed by atoms with van der Waals surface area (Å²) in [7, 11) is 1.65. The van der Waals surface area contributed by atoms with Crippen molar-refractivity contribution in [3.05, 3.63) is 46.8 Å². The van der Waals surface area contributed by atoms with Gasteiger partial charge >= 0.3 is 0 Å². The Labute approximate surface area is 156 Å². The smallest absolute Gasteiger partial charge is 0.183 e. The summed E-state index contributed by atoms with van der Waals surface area (Å²) in [4.78, 5) is 12.9. The number of hydrogen-bond donors (Lipinski definition) is 1. The van der Waals surface area contributed by atoms with Crippen LogP contribution < -0.4 is 10.1 Å². The van der Waals surface area contributed by atoms with Crippen LogP contribution >= 0.6 is 0 Å². The van der Waals surface area contributed by atoms with Crippen LogP contribution in [0.2, 0.25) is 0 Å². The Morgan fingerprint density at radius 3 is 2.58 bits per heavy atom. The van der Waals surface area contributed by atoms with Gasteiger partial charge in [-0.1, -0.05) is 25.3 Å². The molecule has 1 aliphatic carbocycles. The maximum atomic E-state index is 12.9. The highest BCUT2D eigenvalue weighted by molar-refractivity contribution is 6.00. The van der Waals surface area contributed by atoms with Gasteiger partial charge in [0.25, 0.3) is 0 Å². The predicted octanol–water partition coefficient (Wildman–Crippen LogP) is 5.22. The zero-order chi connectivity index (χ0) is 18.7. The summed E-state index contributed by atoms with van der Waals surface area (Å²) in [5.41, 5.74) is 5.15. The molecule has 0 unspecified atom stereocenters. The minimum Gasteiger partial charge on any atom is -0.495 e. The molecule has 3 rings (SSSR count). The van der Waals surface area contributed by atoms with Crippen molar-refractivity contribution in [1.29, 1.82) is 0 Å². The summed E-state index contributed by atoms with van der Waals surface area (Å²) in [5.74, 6) is 0.889. The number of ether oxygens (including phenoxy) is 1. The molecule has 1 saturated carbocycles. The van der Waals surface area contributed by atoms with Crippen molar-refractivity contribution in [1.82, 2.24) is 4.57 Å². The molecule has 4 heteroatoms. The molecule has 1 heterocycles. The molecule has 1 fully saturated rings. The second-order valence-corrected chi connectivity index (χ2v) is 7.43. The molecular formula is C22H30N2O2. The highest BCUT2D eigenvalue weighted by Gasteiger charge is 2.22. The second kappa shape index (κ2) is 7.98. The van der Waals surface area contributed by atoms with E-state index in [9.17, 15) is 4.79 Å². The Hall–Kier alpha value is -2.23. The zero-order valence-electron chi connectivity index (χ0n) is 16.4. The van der Waals surface area contributed by atoms with E-state index in [1.807, 2.05) is 25.1 Å². The van der Waals surface area contributed by atoms with Crippen LogP contribution in [0.15, 0.2) is 24.3 Å². The first-order valence-corrected chi connectivity index (χ1v) is 9.61. The maximum Gasteiger partial charge on any atom is 0.183 e. The molecule has 26 heavy (non-hydrogen) atoms. The number of nitrogens with one attached hydrogen (secondary N) is 1. The lowest BCUT2D eigenvalue weighted by atomic mass is 9.95. The first-order chi connectivity index (χ1) is 12.5. The third-order valence-electron chi connectivity index (χ3n) is 5.52. The second-order valence-electron chi connectivity index (χ2n) is 7.43. The number of aromatic nitrogens is 1. The van der Waals surface area contributed by atoms with Gasteiger partial charge in [0.05, 0.1) is 19.3 Å². The Morgan fingerprint density at radius 2 is 1.88 bits per heavy atom. The molecule has 2 aromatic rings. The number of nitrogens with zero attached hydrogens (tertiary/aromatic N) is 1. The van der Waals surface area contributed by atoms with Gasteiger partial charge in [0.15, 0.2) is 5.78 Å². The van der Waals surface area contributed by atoms with Crippen molar-refractivity contribution in [2.75, 3.05) is 19.0 Å². The van der Waals surface area contributed by atoms with E-state index in [1.165, 1.54) is 37.8 Å². The van der Waals surface area contributed by atoms with Gasteiger partial charge in [0.1, 0.15) is 5.75 Å². The van der Waals surface area contributed by atoms with E-state index in [1.54, 1.807) is 7.11 Å². The van der Waals surface area contributed by atoms with E-state index in [0.717, 1.165) is 28.3 Å². The molecule has 0 saturated heterocycles. The van der Waals surface area contributed by atoms with E-state index in [0.29, 0.717) is 6.04 Å². The van der Waals surface area contributed by atoms with Crippen molar-refractivity contribution in [2.45, 2.75) is 58.9 Å². The molecule has 1 aromatic heterocycles. The molecule has 1 aromatic carbocycles. The molecule has 4 nitrogen and oxygen atoms in total. The van der Waals surface area contributed by atoms with Crippen molar-refractivity contribution in [2.24, 2.45) is 0 Å². The minimum atomic E-state index is 0.128. The average Bonchev–Trinajstić information content (AvgIpc) is 2.95. The number of aryl methyl sites for hydroxylation is 2. The summed E-state index contributed by atoms with van der Waals surface area (Å²) < 4.78 is 7.78. The number of benzene rings is 1. The maximum absolute atomic E-state index is 12.9. The van der Waals surface area contributed by atoms with Crippen LogP contribution in [0.1, 0.15) is 65.5 Å². The van der Waals surface area contributed by atoms with Crippen LogP contribution in [-0.4, -0.2) is 24.0 Å². The largest absolute Gasteiger partial charge is 0.495 e. The summed E-state index contributed by atoms with van der Waals surface area (Å²) >= 11 is 0. The number of hydrogen-bond acceptors (Lipinski definition) is 3. The van der Waals surface area contributed by atoms with E-state index in [2.05, 4.69) is 29.8 Å². The highest BCUT2D eigenvalue weighted by Crippen LogP contribution is 2.32. The number of methoxy groups -OCH3 is 1. The average molecular weight is 354 g/mol. The number of carbonyl (C=O) groups excluding carboxylic acids is 1. The van der Waals surface area contributed by atoms with E-state index in [4.69, 9.17) is 4.74 Å². The molecule has 0 spiro atoms. The molecule has 0 atom stereocenters. The van der Waals surface area contributed by atoms with Crippen molar-refractivity contribution in [3.63, 3.8) is 0 Å². The van der Waals surface area contributed by atoms with Crippen LogP contribution in [0.25, 0.3) is 0 Å². The molecular weight excluding hydrogens is 324 g/mol. The minimum absolute atomic E-state index is 0.128. The van der Waals surface area contributed by atoms with Crippen LogP contribution in [0.4, 0.5) is 5.69 Å². The quantitative estimate of drug-likeness (QED) is 0.723. The van der Waals surface area contributed by atoms with Gasteiger partial charge in [0.2, 0.25) is 0 Å². The molecule has 1 aliphatic rings. The first kappa shape index (κ1) is 18.6. The Morgan fingerprint density at radius 1 is 1.15 bits per heavy atom. The topological polar surface area (TPSA) is 43.3 Å². The predicted molar refractivity (Wildman–Crippen MR) is 107 cm³/mol. The molecule has 0 radical (unpaired) electrons. The lowest BCUT2D eigenvalue weighted by Gasteiger charge is -2.26. The lowest BCUT2D eigenvalue weighted by molar-refractivity contribution is 0.100. The summed E-state index contributed by atoms with van der Waals surface area (Å²) in [6, 6.07) is 8.55. The third kappa shape index (κ3) is 3.79. The van der Waals surface area contributed by atoms with E-state index < -0.39 is 0 Å². The van der Waals surface area contributed by atoms with Gasteiger partial charge in [-0.2, -0.15) is 0 Å². The number of rotatable bonds is 6. The van der Waals surface area contributed by atoms with Gasteiger partial charge in [-0.15, -0.1) is 0 Å². The molecule has 0 bridgehead atoms. The fourth-order valence-corrected chi connectivity index (χ4v) is 4.19. The normalized spacial score (nSPS) is 15.1. The van der Waals surface area contributed by atoms with Crippen LogP contribution in [0.3, 0.4) is 0 Å². The summed E-state index contributed by atoms with van der Waals surface area (Å²) in [6.07, 6.45) is 6.37. The van der Waals surface area contributed by atoms with Gasteiger partial charge < -0.3 is 14.6 Å². The third-order valence-corrected chi connectivity index (χ3v) is 5.52. The van der Waals surface area contributed by atoms with Crippen LogP contribution in [0, 0.1) is 20.8 Å². The van der Waals surface area contributed by atoms with Gasteiger partial charge in [-0.25, -0.2) is 0 Å². The highest BCUT2D eigenvalue weighted by atomic mass is 16.5. The number of ketones is 1. The van der Waals surface area contributed by atoms with Crippen molar-refractivity contribution < 1.29 is 9.53 Å². The van der Waals surface area contributed by atoms with Crippen molar-refractivity contribution in [3.8, 4) is 5.75 Å². The van der Waals surface area contributed by atoms with Gasteiger partial charge in [-0.3, -0.25) is 4.79 Å².